The molecule has 1 N–H and O–H groups in total. The summed E-state index contributed by atoms with van der Waals surface area (Å²) >= 11 is 1.38. The number of fused-ring (bicyclic) bond motifs is 1. The number of carbonyl (C=O) groups excluding carboxylic acids is 2. The van der Waals surface area contributed by atoms with E-state index in [9.17, 15) is 19.7 Å². The van der Waals surface area contributed by atoms with Crippen LogP contribution in [0.5, 0.6) is 5.75 Å². The topological polar surface area (TPSA) is 108 Å². The zero-order valence-electron chi connectivity index (χ0n) is 17.1. The highest BCUT2D eigenvalue weighted by Crippen LogP contribution is 2.40. The van der Waals surface area contributed by atoms with Crippen molar-refractivity contribution < 1.29 is 24.0 Å². The molecule has 1 aromatic carbocycles. The minimum Gasteiger partial charge on any atom is -0.474 e. The van der Waals surface area contributed by atoms with E-state index >= 15 is 0 Å². The van der Waals surface area contributed by atoms with Crippen LogP contribution < -0.4 is 10.1 Å². The summed E-state index contributed by atoms with van der Waals surface area (Å²) in [6.07, 6.45) is 1.59. The predicted molar refractivity (Wildman–Crippen MR) is 113 cm³/mol. The zero-order chi connectivity index (χ0) is 21.8. The molecule has 9 heteroatoms. The molecule has 0 aliphatic heterocycles. The van der Waals surface area contributed by atoms with Gasteiger partial charge in [-0.1, -0.05) is 19.1 Å². The van der Waals surface area contributed by atoms with Crippen LogP contribution in [-0.4, -0.2) is 29.5 Å². The molecular formula is C21H24N2O6S. The summed E-state index contributed by atoms with van der Waals surface area (Å²) in [6.45, 7) is 5.64. The Morgan fingerprint density at radius 2 is 2.10 bits per heavy atom. The number of benzene rings is 1. The van der Waals surface area contributed by atoms with Gasteiger partial charge in [0, 0.05) is 10.9 Å². The molecule has 8 nitrogen and oxygen atoms in total. The smallest absolute Gasteiger partial charge is 0.341 e. The van der Waals surface area contributed by atoms with E-state index in [2.05, 4.69) is 12.2 Å². The molecule has 1 amide bonds. The Labute approximate surface area is 178 Å². The van der Waals surface area contributed by atoms with Crippen molar-refractivity contribution in [2.24, 2.45) is 5.92 Å². The van der Waals surface area contributed by atoms with Gasteiger partial charge in [-0.3, -0.25) is 14.9 Å². The number of amides is 1. The highest BCUT2D eigenvalue weighted by Gasteiger charge is 2.30. The molecule has 1 aliphatic rings. The minimum atomic E-state index is -1.00. The van der Waals surface area contributed by atoms with Crippen molar-refractivity contribution in [3.63, 3.8) is 0 Å². The monoisotopic (exact) mass is 432 g/mol. The lowest BCUT2D eigenvalue weighted by atomic mass is 9.88. The van der Waals surface area contributed by atoms with Gasteiger partial charge in [0.25, 0.3) is 5.91 Å². The van der Waals surface area contributed by atoms with Crippen LogP contribution in [0.25, 0.3) is 0 Å². The van der Waals surface area contributed by atoms with Crippen molar-refractivity contribution in [3.05, 3.63) is 50.4 Å². The van der Waals surface area contributed by atoms with E-state index in [1.807, 2.05) is 0 Å². The number of nitrogens with one attached hydrogen (secondary N) is 1. The molecule has 0 fully saturated rings. The van der Waals surface area contributed by atoms with Crippen molar-refractivity contribution in [3.8, 4) is 5.75 Å². The van der Waals surface area contributed by atoms with Crippen LogP contribution in [0.3, 0.4) is 0 Å². The maximum Gasteiger partial charge on any atom is 0.341 e. The largest absolute Gasteiger partial charge is 0.474 e. The molecule has 30 heavy (non-hydrogen) atoms. The first-order valence-electron chi connectivity index (χ1n) is 9.84. The molecule has 0 radical (unpaired) electrons. The Balaban J connectivity index is 1.82. The lowest BCUT2D eigenvalue weighted by Gasteiger charge is -2.18. The standard InChI is InChI=1S/C21H24N2O6S/c1-4-28-21(25)18-14-10-9-12(2)11-17(14)30-20(18)22-19(24)13(3)29-16-8-6-5-7-15(16)23(26)27/h5-8,12-13H,4,9-11H2,1-3H3,(H,22,24)/t12-,13-/m0/s1. The van der Waals surface area contributed by atoms with Crippen molar-refractivity contribution in [2.75, 3.05) is 11.9 Å². The maximum absolute atomic E-state index is 12.8. The summed E-state index contributed by atoms with van der Waals surface area (Å²) in [5.74, 6) is -0.428. The Kier molecular flexibility index (Phi) is 6.71. The van der Waals surface area contributed by atoms with E-state index in [0.29, 0.717) is 16.5 Å². The number of esters is 1. The lowest BCUT2D eigenvalue weighted by Crippen LogP contribution is -2.30. The first-order valence-corrected chi connectivity index (χ1v) is 10.7. The van der Waals surface area contributed by atoms with Gasteiger partial charge in [-0.2, -0.15) is 0 Å². The molecule has 1 aliphatic carbocycles. The van der Waals surface area contributed by atoms with E-state index in [0.717, 1.165) is 29.7 Å². The van der Waals surface area contributed by atoms with Gasteiger partial charge in [-0.25, -0.2) is 4.79 Å². The van der Waals surface area contributed by atoms with Crippen LogP contribution in [0.2, 0.25) is 0 Å². The van der Waals surface area contributed by atoms with Crippen molar-refractivity contribution >= 4 is 33.9 Å². The zero-order valence-corrected chi connectivity index (χ0v) is 17.9. The maximum atomic E-state index is 12.8. The number of nitro benzene ring substituents is 1. The third-order valence-corrected chi connectivity index (χ3v) is 6.13. The molecule has 0 bridgehead atoms. The number of para-hydroxylation sites is 2. The molecule has 0 saturated heterocycles. The summed E-state index contributed by atoms with van der Waals surface area (Å²) in [4.78, 5) is 37.0. The van der Waals surface area contributed by atoms with Crippen molar-refractivity contribution in [1.82, 2.24) is 0 Å². The highest BCUT2D eigenvalue weighted by atomic mass is 32.1. The third-order valence-electron chi connectivity index (χ3n) is 4.96. The number of ether oxygens (including phenoxy) is 2. The van der Waals surface area contributed by atoms with Gasteiger partial charge in [0.05, 0.1) is 17.1 Å². The second-order valence-corrected chi connectivity index (χ2v) is 8.36. The van der Waals surface area contributed by atoms with Gasteiger partial charge in [-0.05, 0) is 50.7 Å². The third kappa shape index (κ3) is 4.62. The van der Waals surface area contributed by atoms with Gasteiger partial charge in [0.15, 0.2) is 11.9 Å². The molecule has 3 rings (SSSR count). The Morgan fingerprint density at radius 3 is 2.80 bits per heavy atom. The fourth-order valence-corrected chi connectivity index (χ4v) is 4.82. The number of carbonyl (C=O) groups is 2. The molecule has 0 saturated carbocycles. The van der Waals surface area contributed by atoms with Gasteiger partial charge in [-0.15, -0.1) is 11.3 Å². The summed E-state index contributed by atoms with van der Waals surface area (Å²) in [6, 6.07) is 5.88. The number of hydrogen-bond donors (Lipinski definition) is 1. The van der Waals surface area contributed by atoms with Gasteiger partial charge in [0.1, 0.15) is 5.00 Å². The van der Waals surface area contributed by atoms with E-state index in [1.165, 1.54) is 36.5 Å². The van der Waals surface area contributed by atoms with Crippen molar-refractivity contribution in [2.45, 2.75) is 46.1 Å². The fraction of sp³-hybridized carbons (Fsp3) is 0.429. The number of thiophene rings is 1. The summed E-state index contributed by atoms with van der Waals surface area (Å²) in [7, 11) is 0. The molecule has 2 atom stereocenters. The molecule has 0 unspecified atom stereocenters. The highest BCUT2D eigenvalue weighted by molar-refractivity contribution is 7.17. The van der Waals surface area contributed by atoms with Gasteiger partial charge < -0.3 is 14.8 Å². The summed E-state index contributed by atoms with van der Waals surface area (Å²) < 4.78 is 10.8. The quantitative estimate of drug-likeness (QED) is 0.396. The Morgan fingerprint density at radius 1 is 1.37 bits per heavy atom. The van der Waals surface area contributed by atoms with E-state index in [4.69, 9.17) is 9.47 Å². The number of anilines is 1. The van der Waals surface area contributed by atoms with Crippen LogP contribution in [0.4, 0.5) is 10.7 Å². The number of hydrogen-bond acceptors (Lipinski definition) is 7. The molecule has 1 heterocycles. The number of nitro groups is 1. The minimum absolute atomic E-state index is 0.00932. The van der Waals surface area contributed by atoms with Crippen LogP contribution in [0.1, 0.15) is 48.0 Å². The normalized spacial score (nSPS) is 16.3. The number of nitrogens with zero attached hydrogens (tertiary/aromatic N) is 1. The molecular weight excluding hydrogens is 408 g/mol. The average Bonchev–Trinajstić information content (AvgIpc) is 3.05. The van der Waals surface area contributed by atoms with E-state index < -0.39 is 22.9 Å². The van der Waals surface area contributed by atoms with E-state index in [1.54, 1.807) is 13.0 Å². The Hall–Kier alpha value is -2.94. The van der Waals surface area contributed by atoms with Crippen LogP contribution in [-0.2, 0) is 22.4 Å². The fourth-order valence-electron chi connectivity index (χ4n) is 3.42. The summed E-state index contributed by atoms with van der Waals surface area (Å²) in [5.41, 5.74) is 1.14. The van der Waals surface area contributed by atoms with Gasteiger partial charge in [0.2, 0.25) is 0 Å². The lowest BCUT2D eigenvalue weighted by molar-refractivity contribution is -0.386. The van der Waals surface area contributed by atoms with Crippen LogP contribution >= 0.6 is 11.3 Å². The number of rotatable bonds is 7. The first-order chi connectivity index (χ1) is 14.3. The molecule has 160 valence electrons. The van der Waals surface area contributed by atoms with Crippen molar-refractivity contribution in [1.29, 1.82) is 0 Å². The predicted octanol–water partition coefficient (Wildman–Crippen LogP) is 4.36. The molecule has 1 aromatic heterocycles. The molecule has 0 spiro atoms. The first kappa shape index (κ1) is 21.8. The van der Waals surface area contributed by atoms with Gasteiger partial charge >= 0.3 is 11.7 Å². The second kappa shape index (κ2) is 9.25. The summed E-state index contributed by atoms with van der Waals surface area (Å²) in [5, 5.41) is 14.4. The van der Waals surface area contributed by atoms with Crippen LogP contribution in [0.15, 0.2) is 24.3 Å². The Bertz CT molecular complexity index is 970. The molecule has 2 aromatic rings. The van der Waals surface area contributed by atoms with Crippen LogP contribution in [0, 0.1) is 16.0 Å². The van der Waals surface area contributed by atoms with E-state index in [-0.39, 0.29) is 18.0 Å². The SMILES string of the molecule is CCOC(=O)c1c(NC(=O)[C@H](C)Oc2ccccc2[N+](=O)[O-])sc2c1CC[C@H](C)C2. The average molecular weight is 432 g/mol. The second-order valence-electron chi connectivity index (χ2n) is 7.25.